The lowest BCUT2D eigenvalue weighted by Gasteiger charge is -2.19. The zero-order chi connectivity index (χ0) is 6.20. The van der Waals surface area contributed by atoms with Crippen molar-refractivity contribution in [1.29, 1.82) is 0 Å². The van der Waals surface area contributed by atoms with E-state index in [9.17, 15) is 5.11 Å². The monoisotopic (exact) mass is 116 g/mol. The molecule has 1 heterocycles. The highest BCUT2D eigenvalue weighted by Gasteiger charge is 2.34. The van der Waals surface area contributed by atoms with Crippen molar-refractivity contribution in [3.63, 3.8) is 0 Å². The summed E-state index contributed by atoms with van der Waals surface area (Å²) in [6.07, 6.45) is 0.979. The highest BCUT2D eigenvalue weighted by molar-refractivity contribution is 4.74. The van der Waals surface area contributed by atoms with Gasteiger partial charge in [-0.25, -0.2) is 0 Å². The van der Waals surface area contributed by atoms with Gasteiger partial charge in [0.2, 0.25) is 0 Å². The van der Waals surface area contributed by atoms with E-state index in [2.05, 4.69) is 0 Å². The average Bonchev–Trinajstić information content (AvgIpc) is 1.86. The van der Waals surface area contributed by atoms with E-state index < -0.39 is 5.79 Å². The first kappa shape index (κ1) is 6.05. The average molecular weight is 116 g/mol. The van der Waals surface area contributed by atoms with Crippen LogP contribution in [0.25, 0.3) is 0 Å². The quantitative estimate of drug-likeness (QED) is 0.506. The molecule has 0 unspecified atom stereocenters. The second kappa shape index (κ2) is 1.71. The highest BCUT2D eigenvalue weighted by Crippen LogP contribution is 2.27. The van der Waals surface area contributed by atoms with Crippen molar-refractivity contribution in [2.24, 2.45) is 5.92 Å². The maximum Gasteiger partial charge on any atom is 0.165 e. The molecule has 8 heavy (non-hydrogen) atoms. The summed E-state index contributed by atoms with van der Waals surface area (Å²) in [5, 5.41) is 9.24. The van der Waals surface area contributed by atoms with Crippen LogP contribution in [0, 0.1) is 5.92 Å². The van der Waals surface area contributed by atoms with Crippen LogP contribution >= 0.6 is 0 Å². The molecule has 1 saturated heterocycles. The van der Waals surface area contributed by atoms with Crippen molar-refractivity contribution in [3.05, 3.63) is 0 Å². The van der Waals surface area contributed by atoms with Gasteiger partial charge in [0, 0.05) is 5.92 Å². The number of hydrogen-bond donors (Lipinski definition) is 1. The van der Waals surface area contributed by atoms with E-state index in [0.29, 0.717) is 12.5 Å². The number of hydrogen-bond acceptors (Lipinski definition) is 2. The van der Waals surface area contributed by atoms with E-state index in [-0.39, 0.29) is 0 Å². The molecule has 0 aromatic heterocycles. The predicted octanol–water partition coefficient (Wildman–Crippen LogP) is 0.751. The Kier molecular flexibility index (Phi) is 1.29. The zero-order valence-corrected chi connectivity index (χ0v) is 5.35. The summed E-state index contributed by atoms with van der Waals surface area (Å²) in [5.41, 5.74) is 0. The Morgan fingerprint density at radius 1 is 1.75 bits per heavy atom. The van der Waals surface area contributed by atoms with Crippen molar-refractivity contribution < 1.29 is 9.84 Å². The van der Waals surface area contributed by atoms with Gasteiger partial charge in [0.25, 0.3) is 0 Å². The van der Waals surface area contributed by atoms with Crippen molar-refractivity contribution in [2.45, 2.75) is 26.1 Å². The molecule has 0 radical (unpaired) electrons. The van der Waals surface area contributed by atoms with Gasteiger partial charge in [-0.05, 0) is 13.3 Å². The third-order valence-electron chi connectivity index (χ3n) is 1.86. The van der Waals surface area contributed by atoms with E-state index in [1.54, 1.807) is 6.92 Å². The molecular formula is C6H12O2. The van der Waals surface area contributed by atoms with Crippen LogP contribution in [-0.4, -0.2) is 17.5 Å². The summed E-state index contributed by atoms with van der Waals surface area (Å²) in [7, 11) is 0. The Bertz CT molecular complexity index is 88.5. The van der Waals surface area contributed by atoms with E-state index in [4.69, 9.17) is 4.74 Å². The molecule has 0 spiro atoms. The Morgan fingerprint density at radius 3 is 2.50 bits per heavy atom. The largest absolute Gasteiger partial charge is 0.365 e. The first-order valence-electron chi connectivity index (χ1n) is 2.99. The van der Waals surface area contributed by atoms with Crippen LogP contribution in [0.2, 0.25) is 0 Å². The van der Waals surface area contributed by atoms with Gasteiger partial charge in [0.15, 0.2) is 5.79 Å². The van der Waals surface area contributed by atoms with E-state index >= 15 is 0 Å². The molecule has 0 amide bonds. The first-order chi connectivity index (χ1) is 3.63. The van der Waals surface area contributed by atoms with E-state index in [0.717, 1.165) is 6.42 Å². The first-order valence-corrected chi connectivity index (χ1v) is 2.99. The maximum absolute atomic E-state index is 9.24. The van der Waals surface area contributed by atoms with Crippen molar-refractivity contribution >= 4 is 0 Å². The van der Waals surface area contributed by atoms with Crippen LogP contribution < -0.4 is 0 Å². The molecule has 48 valence electrons. The zero-order valence-electron chi connectivity index (χ0n) is 5.35. The lowest BCUT2D eigenvalue weighted by molar-refractivity contribution is -0.176. The Labute approximate surface area is 49.5 Å². The molecule has 0 bridgehead atoms. The molecule has 0 aromatic rings. The molecule has 2 nitrogen and oxygen atoms in total. The normalized spacial score (nSPS) is 47.6. The highest BCUT2D eigenvalue weighted by atomic mass is 16.6. The summed E-state index contributed by atoms with van der Waals surface area (Å²) in [4.78, 5) is 0. The van der Waals surface area contributed by atoms with E-state index in [1.807, 2.05) is 6.92 Å². The number of ether oxygens (including phenoxy) is 1. The summed E-state index contributed by atoms with van der Waals surface area (Å²) in [5.74, 6) is -0.553. The van der Waals surface area contributed by atoms with Gasteiger partial charge in [0.05, 0.1) is 6.61 Å². The molecule has 1 aliphatic heterocycles. The topological polar surface area (TPSA) is 29.5 Å². The molecular weight excluding hydrogens is 104 g/mol. The summed E-state index contributed by atoms with van der Waals surface area (Å²) in [6.45, 7) is 4.41. The minimum absolute atomic E-state index is 0.294. The molecule has 1 fully saturated rings. The molecule has 0 aromatic carbocycles. The van der Waals surface area contributed by atoms with Crippen molar-refractivity contribution in [3.8, 4) is 0 Å². The summed E-state index contributed by atoms with van der Waals surface area (Å²) in [6, 6.07) is 0. The van der Waals surface area contributed by atoms with Gasteiger partial charge in [-0.3, -0.25) is 0 Å². The second-order valence-corrected chi connectivity index (χ2v) is 2.59. The van der Waals surface area contributed by atoms with Crippen LogP contribution in [0.1, 0.15) is 20.3 Å². The molecule has 1 aliphatic rings. The van der Waals surface area contributed by atoms with Crippen molar-refractivity contribution in [2.75, 3.05) is 6.61 Å². The van der Waals surface area contributed by atoms with Crippen LogP contribution in [0.15, 0.2) is 0 Å². The molecule has 0 aliphatic carbocycles. The number of aliphatic hydroxyl groups is 1. The summed E-state index contributed by atoms with van der Waals surface area (Å²) >= 11 is 0. The Hall–Kier alpha value is -0.0800. The molecule has 2 heteroatoms. The fourth-order valence-electron chi connectivity index (χ4n) is 0.852. The Morgan fingerprint density at radius 2 is 2.38 bits per heavy atom. The minimum atomic E-state index is -0.847. The van der Waals surface area contributed by atoms with Gasteiger partial charge in [0.1, 0.15) is 0 Å². The van der Waals surface area contributed by atoms with Gasteiger partial charge in [-0.15, -0.1) is 0 Å². The molecule has 2 atom stereocenters. The fraction of sp³-hybridized carbons (Fsp3) is 1.00. The lowest BCUT2D eigenvalue weighted by Crippen LogP contribution is -2.28. The smallest absolute Gasteiger partial charge is 0.165 e. The molecule has 0 saturated carbocycles. The van der Waals surface area contributed by atoms with Crippen LogP contribution in [0.5, 0.6) is 0 Å². The predicted molar refractivity (Wildman–Crippen MR) is 30.4 cm³/mol. The lowest BCUT2D eigenvalue weighted by atomic mass is 10.0. The summed E-state index contributed by atoms with van der Waals surface area (Å²) < 4.78 is 5.01. The Balaban J connectivity index is 2.54. The maximum atomic E-state index is 9.24. The SMILES string of the molecule is C[C@@H]1CCO[C@@]1(C)O. The minimum Gasteiger partial charge on any atom is -0.365 e. The van der Waals surface area contributed by atoms with Gasteiger partial charge in [-0.1, -0.05) is 6.92 Å². The molecule has 1 rings (SSSR count). The van der Waals surface area contributed by atoms with Crippen molar-refractivity contribution in [1.82, 2.24) is 0 Å². The van der Waals surface area contributed by atoms with Crippen LogP contribution in [0.4, 0.5) is 0 Å². The van der Waals surface area contributed by atoms with Crippen LogP contribution in [-0.2, 0) is 4.74 Å². The van der Waals surface area contributed by atoms with E-state index in [1.165, 1.54) is 0 Å². The van der Waals surface area contributed by atoms with Gasteiger partial charge < -0.3 is 9.84 Å². The third kappa shape index (κ3) is 0.858. The number of rotatable bonds is 0. The fourth-order valence-corrected chi connectivity index (χ4v) is 0.852. The second-order valence-electron chi connectivity index (χ2n) is 2.59. The van der Waals surface area contributed by atoms with Gasteiger partial charge in [-0.2, -0.15) is 0 Å². The molecule has 1 N–H and O–H groups in total. The third-order valence-corrected chi connectivity index (χ3v) is 1.86. The standard InChI is InChI=1S/C6H12O2/c1-5-3-4-8-6(5,2)7/h5,7H,3-4H2,1-2H3/t5-,6-/m1/s1. The van der Waals surface area contributed by atoms with Crippen LogP contribution in [0.3, 0.4) is 0 Å². The van der Waals surface area contributed by atoms with Gasteiger partial charge >= 0.3 is 0 Å².